The van der Waals surface area contributed by atoms with Gasteiger partial charge in [0.2, 0.25) is 0 Å². The van der Waals surface area contributed by atoms with Crippen molar-refractivity contribution in [3.05, 3.63) is 18.0 Å². The molecule has 0 spiro atoms. The van der Waals surface area contributed by atoms with E-state index in [9.17, 15) is 0 Å². The molecule has 0 unspecified atom stereocenters. The van der Waals surface area contributed by atoms with Crippen LogP contribution in [-0.4, -0.2) is 12.4 Å². The van der Waals surface area contributed by atoms with Crippen LogP contribution in [0.3, 0.4) is 0 Å². The summed E-state index contributed by atoms with van der Waals surface area (Å²) in [6.07, 6.45) is 3.52. The van der Waals surface area contributed by atoms with E-state index in [2.05, 4.69) is 16.2 Å². The fourth-order valence-corrected chi connectivity index (χ4v) is 0.488. The number of aliphatic imine (C=N–C) groups is 1. The minimum Gasteiger partial charge on any atom is -0.380 e. The quantitative estimate of drug-likeness (QED) is 0.669. The van der Waals surface area contributed by atoms with E-state index in [1.165, 1.54) is 5.57 Å². The third-order valence-corrected chi connectivity index (χ3v) is 0.907. The first-order chi connectivity index (χ1) is 4.89. The molecule has 11 heavy (non-hydrogen) atoms. The second-order valence-electron chi connectivity index (χ2n) is 1.76. The Bertz CT molecular complexity index is 167. The summed E-state index contributed by atoms with van der Waals surface area (Å²) in [7, 11) is 0. The SMILES string of the molecule is CC.CC1=CN=C=CNC1.[Y]. The molecule has 1 radical (unpaired) electrons. The number of nitrogens with one attached hydrogen (secondary N) is 1. The fraction of sp³-hybridized carbons (Fsp3) is 0.500. The average Bonchev–Trinajstić information content (AvgIpc) is 2.21. The van der Waals surface area contributed by atoms with Crippen LogP contribution in [0.1, 0.15) is 20.8 Å². The summed E-state index contributed by atoms with van der Waals surface area (Å²) in [4.78, 5) is 3.82. The largest absolute Gasteiger partial charge is 0.380 e. The van der Waals surface area contributed by atoms with Gasteiger partial charge in [0.05, 0.1) is 6.20 Å². The molecule has 3 heteroatoms. The number of hydrogen-bond acceptors (Lipinski definition) is 2. The Kier molecular flexibility index (Phi) is 12.5. The first-order valence-electron chi connectivity index (χ1n) is 3.55. The van der Waals surface area contributed by atoms with E-state index < -0.39 is 0 Å². The van der Waals surface area contributed by atoms with E-state index >= 15 is 0 Å². The summed E-state index contributed by atoms with van der Waals surface area (Å²) in [6, 6.07) is 0. The molecule has 1 rings (SSSR count). The van der Waals surface area contributed by atoms with Gasteiger partial charge in [-0.15, -0.1) is 0 Å². The van der Waals surface area contributed by atoms with Gasteiger partial charge >= 0.3 is 0 Å². The summed E-state index contributed by atoms with van der Waals surface area (Å²) in [5.74, 6) is 2.69. The molecule has 0 aromatic rings. The number of rotatable bonds is 0. The van der Waals surface area contributed by atoms with Crippen molar-refractivity contribution in [3.8, 4) is 0 Å². The van der Waals surface area contributed by atoms with Crippen LogP contribution in [0.25, 0.3) is 0 Å². The van der Waals surface area contributed by atoms with Crippen molar-refractivity contribution in [1.29, 1.82) is 0 Å². The molecule has 0 aromatic carbocycles. The molecule has 0 aliphatic carbocycles. The fourth-order valence-electron chi connectivity index (χ4n) is 0.488. The molecule has 0 fully saturated rings. The van der Waals surface area contributed by atoms with Crippen LogP contribution in [-0.2, 0) is 32.7 Å². The van der Waals surface area contributed by atoms with Gasteiger partial charge in [0.25, 0.3) is 0 Å². The van der Waals surface area contributed by atoms with Gasteiger partial charge < -0.3 is 5.32 Å². The van der Waals surface area contributed by atoms with Crippen molar-refractivity contribution in [3.63, 3.8) is 0 Å². The van der Waals surface area contributed by atoms with Gasteiger partial charge in [-0.05, 0) is 12.5 Å². The first kappa shape index (κ1) is 13.7. The predicted octanol–water partition coefficient (Wildman–Crippen LogP) is 1.70. The zero-order chi connectivity index (χ0) is 7.82. The summed E-state index contributed by atoms with van der Waals surface area (Å²) in [6.45, 7) is 6.91. The third kappa shape index (κ3) is 8.00. The van der Waals surface area contributed by atoms with E-state index in [0.717, 1.165) is 6.54 Å². The van der Waals surface area contributed by atoms with Crippen LogP contribution in [0.15, 0.2) is 23.0 Å². The second kappa shape index (κ2) is 10.1. The maximum absolute atomic E-state index is 3.82. The van der Waals surface area contributed by atoms with Gasteiger partial charge in [-0.1, -0.05) is 13.8 Å². The van der Waals surface area contributed by atoms with E-state index in [-0.39, 0.29) is 32.7 Å². The molecule has 0 saturated carbocycles. The standard InChI is InChI=1S/C6H8N2.C2H6.Y/c1-6-4-7-2-3-8-5-6;1-2;/h2,5,7H,4H2,1H3;1-2H3;. The predicted molar refractivity (Wildman–Crippen MR) is 45.1 cm³/mol. The van der Waals surface area contributed by atoms with E-state index in [4.69, 9.17) is 0 Å². The van der Waals surface area contributed by atoms with Crippen LogP contribution in [0.4, 0.5) is 0 Å². The normalized spacial score (nSPS) is 12.8. The molecule has 59 valence electrons. The van der Waals surface area contributed by atoms with Gasteiger partial charge in [-0.25, -0.2) is 4.99 Å². The van der Waals surface area contributed by atoms with E-state index in [0.29, 0.717) is 0 Å². The van der Waals surface area contributed by atoms with Gasteiger partial charge in [0.1, 0.15) is 0 Å². The Morgan fingerprint density at radius 1 is 1.55 bits per heavy atom. The zero-order valence-electron chi connectivity index (χ0n) is 7.39. The molecule has 1 aliphatic heterocycles. The molecule has 1 aliphatic rings. The first-order valence-corrected chi connectivity index (χ1v) is 3.55. The minimum absolute atomic E-state index is 0. The molecule has 0 atom stereocenters. The van der Waals surface area contributed by atoms with Crippen LogP contribution in [0, 0.1) is 0 Å². The topological polar surface area (TPSA) is 24.4 Å². The van der Waals surface area contributed by atoms with Crippen molar-refractivity contribution >= 4 is 5.87 Å². The van der Waals surface area contributed by atoms with Crippen molar-refractivity contribution in [2.45, 2.75) is 20.8 Å². The maximum atomic E-state index is 3.82. The van der Waals surface area contributed by atoms with Gasteiger partial charge in [-0.2, -0.15) is 0 Å². The summed E-state index contributed by atoms with van der Waals surface area (Å²) >= 11 is 0. The average molecular weight is 227 g/mol. The van der Waals surface area contributed by atoms with E-state index in [1.54, 1.807) is 12.4 Å². The second-order valence-corrected chi connectivity index (χ2v) is 1.76. The Morgan fingerprint density at radius 2 is 2.18 bits per heavy atom. The van der Waals surface area contributed by atoms with Crippen molar-refractivity contribution in [2.24, 2.45) is 4.99 Å². The molecule has 0 saturated heterocycles. The molecule has 0 aromatic heterocycles. The monoisotopic (exact) mass is 227 g/mol. The summed E-state index contributed by atoms with van der Waals surface area (Å²) in [5, 5.41) is 3.00. The third-order valence-electron chi connectivity index (χ3n) is 0.907. The maximum Gasteiger partial charge on any atom is 0.0598 e. The van der Waals surface area contributed by atoms with Crippen LogP contribution in [0.2, 0.25) is 0 Å². The van der Waals surface area contributed by atoms with Crippen LogP contribution in [0.5, 0.6) is 0 Å². The summed E-state index contributed by atoms with van der Waals surface area (Å²) < 4.78 is 0. The van der Waals surface area contributed by atoms with Gasteiger partial charge in [-0.3, -0.25) is 0 Å². The molecular weight excluding hydrogens is 213 g/mol. The van der Waals surface area contributed by atoms with Crippen molar-refractivity contribution in [1.82, 2.24) is 5.32 Å². The van der Waals surface area contributed by atoms with Gasteiger partial charge in [0.15, 0.2) is 0 Å². The molecule has 1 N–H and O–H groups in total. The van der Waals surface area contributed by atoms with Crippen molar-refractivity contribution in [2.75, 3.05) is 6.54 Å². The Labute approximate surface area is 93.7 Å². The molecule has 1 heterocycles. The Hall–Kier alpha value is 0.0939. The van der Waals surface area contributed by atoms with Crippen LogP contribution >= 0.6 is 0 Å². The smallest absolute Gasteiger partial charge is 0.0598 e. The summed E-state index contributed by atoms with van der Waals surface area (Å²) in [5.41, 5.74) is 1.23. The zero-order valence-corrected chi connectivity index (χ0v) is 10.2. The Morgan fingerprint density at radius 3 is 2.82 bits per heavy atom. The number of hydrogen-bond donors (Lipinski definition) is 1. The number of nitrogens with zero attached hydrogens (tertiary/aromatic N) is 1. The molecule has 2 nitrogen and oxygen atoms in total. The Balaban J connectivity index is 0. The molecule has 0 amide bonds. The van der Waals surface area contributed by atoms with E-state index in [1.807, 2.05) is 20.8 Å². The molecule has 0 bridgehead atoms. The van der Waals surface area contributed by atoms with Crippen molar-refractivity contribution < 1.29 is 32.7 Å². The van der Waals surface area contributed by atoms with Gasteiger partial charge in [0, 0.05) is 51.3 Å². The van der Waals surface area contributed by atoms with Crippen LogP contribution < -0.4 is 5.32 Å². The molecular formula is C8H14N2Y. The minimum atomic E-state index is 0.